The summed E-state index contributed by atoms with van der Waals surface area (Å²) in [7, 11) is -3.55. The number of hydrogen-bond donors (Lipinski definition) is 3. The summed E-state index contributed by atoms with van der Waals surface area (Å²) in [6.45, 7) is 0.153. The Morgan fingerprint density at radius 3 is 2.44 bits per heavy atom. The van der Waals surface area contributed by atoms with Crippen molar-refractivity contribution in [3.63, 3.8) is 0 Å². The van der Waals surface area contributed by atoms with Gasteiger partial charge in [-0.25, -0.2) is 13.1 Å². The second kappa shape index (κ2) is 6.69. The van der Waals surface area contributed by atoms with Crippen molar-refractivity contribution in [3.05, 3.63) is 0 Å². The molecule has 1 rings (SSSR count). The molecule has 1 saturated carbocycles. The molecule has 104 valence electrons. The number of rotatable bonds is 9. The maximum Gasteiger partial charge on any atom is 0.304 e. The fourth-order valence-electron chi connectivity index (χ4n) is 1.30. The molecule has 0 bridgehead atoms. The van der Waals surface area contributed by atoms with Crippen molar-refractivity contribution >= 4 is 21.9 Å². The molecule has 0 aromatic rings. The lowest BCUT2D eigenvalue weighted by Crippen LogP contribution is -2.30. The Balaban J connectivity index is 2.08. The molecule has 18 heavy (non-hydrogen) atoms. The van der Waals surface area contributed by atoms with Gasteiger partial charge in [-0.1, -0.05) is 0 Å². The molecule has 0 spiro atoms. The molecule has 0 aromatic heterocycles. The minimum atomic E-state index is -3.55. The second-order valence-electron chi connectivity index (χ2n) is 4.30. The summed E-state index contributed by atoms with van der Waals surface area (Å²) >= 11 is 0. The van der Waals surface area contributed by atoms with Crippen LogP contribution in [0.3, 0.4) is 0 Å². The predicted molar refractivity (Wildman–Crippen MR) is 64.4 cm³/mol. The molecular formula is C10H18N2O5S. The molecule has 0 aliphatic heterocycles. The molecule has 1 fully saturated rings. The first-order valence-electron chi connectivity index (χ1n) is 5.87. The highest BCUT2D eigenvalue weighted by molar-refractivity contribution is 7.89. The molecule has 3 N–H and O–H groups in total. The third kappa shape index (κ3) is 7.23. The molecule has 1 aliphatic carbocycles. The summed E-state index contributed by atoms with van der Waals surface area (Å²) in [5.41, 5.74) is 0. The van der Waals surface area contributed by atoms with Crippen molar-refractivity contribution in [3.8, 4) is 0 Å². The number of aliphatic carboxylic acids is 1. The second-order valence-corrected chi connectivity index (χ2v) is 6.23. The topological polar surface area (TPSA) is 113 Å². The molecule has 7 nitrogen and oxygen atoms in total. The molecule has 1 amide bonds. The van der Waals surface area contributed by atoms with E-state index in [1.54, 1.807) is 0 Å². The molecule has 0 unspecified atom stereocenters. The standard InChI is InChI=1S/C10H18N2O5S/c13-9(12-8-3-4-8)2-1-6-11-18(16,17)7-5-10(14)15/h8,11H,1-7H2,(H,12,13)(H,14,15). The van der Waals surface area contributed by atoms with Gasteiger partial charge in [-0.2, -0.15) is 0 Å². The number of hydrogen-bond acceptors (Lipinski definition) is 4. The quantitative estimate of drug-likeness (QED) is 0.489. The molecule has 0 atom stereocenters. The van der Waals surface area contributed by atoms with Gasteiger partial charge in [0.25, 0.3) is 0 Å². The highest BCUT2D eigenvalue weighted by atomic mass is 32.2. The van der Waals surface area contributed by atoms with Gasteiger partial charge < -0.3 is 10.4 Å². The van der Waals surface area contributed by atoms with Gasteiger partial charge in [0.15, 0.2) is 0 Å². The van der Waals surface area contributed by atoms with E-state index in [4.69, 9.17) is 5.11 Å². The van der Waals surface area contributed by atoms with E-state index < -0.39 is 28.2 Å². The van der Waals surface area contributed by atoms with Crippen molar-refractivity contribution in [1.29, 1.82) is 0 Å². The largest absolute Gasteiger partial charge is 0.481 e. The molecule has 8 heteroatoms. The van der Waals surface area contributed by atoms with Crippen molar-refractivity contribution in [2.45, 2.75) is 38.1 Å². The number of nitrogens with one attached hydrogen (secondary N) is 2. The van der Waals surface area contributed by atoms with E-state index in [1.807, 2.05) is 0 Å². The van der Waals surface area contributed by atoms with Crippen LogP contribution in [-0.2, 0) is 19.6 Å². The zero-order chi connectivity index (χ0) is 13.6. The third-order valence-corrected chi connectivity index (χ3v) is 3.82. The number of amides is 1. The van der Waals surface area contributed by atoms with Gasteiger partial charge in [-0.15, -0.1) is 0 Å². The SMILES string of the molecule is O=C(O)CCS(=O)(=O)NCCCC(=O)NC1CC1. The van der Waals surface area contributed by atoms with E-state index in [9.17, 15) is 18.0 Å². The van der Waals surface area contributed by atoms with Gasteiger partial charge in [0.05, 0.1) is 12.2 Å². The zero-order valence-electron chi connectivity index (χ0n) is 10.0. The molecule has 0 heterocycles. The smallest absolute Gasteiger partial charge is 0.304 e. The lowest BCUT2D eigenvalue weighted by molar-refractivity contribution is -0.136. The molecule has 0 aromatic carbocycles. The van der Waals surface area contributed by atoms with Crippen LogP contribution < -0.4 is 10.0 Å². The maximum atomic E-state index is 11.3. The van der Waals surface area contributed by atoms with Crippen molar-refractivity contribution < 1.29 is 23.1 Å². The first-order valence-corrected chi connectivity index (χ1v) is 7.53. The Labute approximate surface area is 106 Å². The number of carboxylic acid groups (broad SMARTS) is 1. The van der Waals surface area contributed by atoms with Crippen LogP contribution in [0, 0.1) is 0 Å². The van der Waals surface area contributed by atoms with E-state index in [2.05, 4.69) is 10.0 Å². The first-order chi connectivity index (χ1) is 8.39. The van der Waals surface area contributed by atoms with Gasteiger partial charge in [-0.05, 0) is 19.3 Å². The lowest BCUT2D eigenvalue weighted by Gasteiger charge is -2.05. The van der Waals surface area contributed by atoms with Crippen molar-refractivity contribution in [2.75, 3.05) is 12.3 Å². The number of carbonyl (C=O) groups is 2. The van der Waals surface area contributed by atoms with Crippen LogP contribution in [0.25, 0.3) is 0 Å². The molecule has 0 radical (unpaired) electrons. The van der Waals surface area contributed by atoms with E-state index in [0.29, 0.717) is 12.5 Å². The Kier molecular flexibility index (Phi) is 5.54. The van der Waals surface area contributed by atoms with E-state index in [-0.39, 0.29) is 18.9 Å². The number of carboxylic acids is 1. The van der Waals surface area contributed by atoms with Crippen molar-refractivity contribution in [2.24, 2.45) is 0 Å². The Morgan fingerprint density at radius 1 is 1.22 bits per heavy atom. The molecular weight excluding hydrogens is 260 g/mol. The fourth-order valence-corrected chi connectivity index (χ4v) is 2.34. The summed E-state index contributed by atoms with van der Waals surface area (Å²) in [6, 6.07) is 0.310. The predicted octanol–water partition coefficient (Wildman–Crippen LogP) is -0.561. The van der Waals surface area contributed by atoms with Gasteiger partial charge in [0.1, 0.15) is 0 Å². The highest BCUT2D eigenvalue weighted by Gasteiger charge is 2.22. The van der Waals surface area contributed by atoms with E-state index >= 15 is 0 Å². The van der Waals surface area contributed by atoms with Crippen LogP contribution in [0.15, 0.2) is 0 Å². The molecule has 1 aliphatic rings. The average molecular weight is 278 g/mol. The van der Waals surface area contributed by atoms with Gasteiger partial charge in [0.2, 0.25) is 15.9 Å². The van der Waals surface area contributed by atoms with E-state index in [0.717, 1.165) is 12.8 Å². The normalized spacial score (nSPS) is 15.3. The van der Waals surface area contributed by atoms with Gasteiger partial charge in [-0.3, -0.25) is 9.59 Å². The Bertz CT molecular complexity index is 402. The average Bonchev–Trinajstić information content (AvgIpc) is 3.06. The zero-order valence-corrected chi connectivity index (χ0v) is 10.8. The maximum absolute atomic E-state index is 11.3. The minimum Gasteiger partial charge on any atom is -0.481 e. The van der Waals surface area contributed by atoms with Crippen LogP contribution in [0.2, 0.25) is 0 Å². The van der Waals surface area contributed by atoms with Crippen LogP contribution in [-0.4, -0.2) is 43.7 Å². The van der Waals surface area contributed by atoms with Gasteiger partial charge >= 0.3 is 5.97 Å². The van der Waals surface area contributed by atoms with Crippen LogP contribution >= 0.6 is 0 Å². The number of carbonyl (C=O) groups excluding carboxylic acids is 1. The first kappa shape index (κ1) is 14.9. The van der Waals surface area contributed by atoms with Gasteiger partial charge in [0, 0.05) is 19.0 Å². The van der Waals surface area contributed by atoms with Crippen LogP contribution in [0.5, 0.6) is 0 Å². The van der Waals surface area contributed by atoms with Crippen LogP contribution in [0.1, 0.15) is 32.1 Å². The molecule has 0 saturated heterocycles. The Hall–Kier alpha value is -1.15. The summed E-state index contributed by atoms with van der Waals surface area (Å²) in [5.74, 6) is -1.65. The Morgan fingerprint density at radius 2 is 1.89 bits per heavy atom. The minimum absolute atomic E-state index is 0.0674. The van der Waals surface area contributed by atoms with Crippen molar-refractivity contribution in [1.82, 2.24) is 10.0 Å². The number of sulfonamides is 1. The summed E-state index contributed by atoms with van der Waals surface area (Å²) in [6.07, 6.45) is 2.31. The summed E-state index contributed by atoms with van der Waals surface area (Å²) in [5, 5.41) is 11.2. The van der Waals surface area contributed by atoms with Crippen LogP contribution in [0.4, 0.5) is 0 Å². The van der Waals surface area contributed by atoms with E-state index in [1.165, 1.54) is 0 Å². The lowest BCUT2D eigenvalue weighted by atomic mass is 10.3. The summed E-state index contributed by atoms with van der Waals surface area (Å²) in [4.78, 5) is 21.5. The summed E-state index contributed by atoms with van der Waals surface area (Å²) < 4.78 is 24.9. The monoisotopic (exact) mass is 278 g/mol. The third-order valence-electron chi connectivity index (χ3n) is 2.43. The highest BCUT2D eigenvalue weighted by Crippen LogP contribution is 2.18. The fraction of sp³-hybridized carbons (Fsp3) is 0.800.